The van der Waals surface area contributed by atoms with Gasteiger partial charge in [-0.05, 0) is 18.1 Å². The van der Waals surface area contributed by atoms with Gasteiger partial charge in [-0.2, -0.15) is 0 Å². The number of aromatic carboxylic acids is 1. The number of carboxylic acid groups (broad SMARTS) is 1. The van der Waals surface area contributed by atoms with E-state index in [2.05, 4.69) is 10.6 Å². The summed E-state index contributed by atoms with van der Waals surface area (Å²) in [5, 5.41) is 14.1. The molecule has 1 aromatic carbocycles. The molecule has 2 rings (SSSR count). The maximum absolute atomic E-state index is 11.9. The summed E-state index contributed by atoms with van der Waals surface area (Å²) in [7, 11) is 0. The normalized spacial score (nSPS) is 10.2. The molecule has 0 bridgehead atoms. The van der Waals surface area contributed by atoms with E-state index in [1.807, 2.05) is 37.3 Å². The first-order valence-electron chi connectivity index (χ1n) is 8.17. The van der Waals surface area contributed by atoms with Gasteiger partial charge in [-0.25, -0.2) is 9.59 Å². The second kappa shape index (κ2) is 9.26. The van der Waals surface area contributed by atoms with Gasteiger partial charge in [0, 0.05) is 12.7 Å². The summed E-state index contributed by atoms with van der Waals surface area (Å²) in [5.74, 6) is -1.55. The fraction of sp³-hybridized carbons (Fsp3) is 0.278. The van der Waals surface area contributed by atoms with E-state index in [-0.39, 0.29) is 18.8 Å². The Morgan fingerprint density at radius 3 is 2.58 bits per heavy atom. The fourth-order valence-electron chi connectivity index (χ4n) is 2.32. The molecule has 0 saturated carbocycles. The van der Waals surface area contributed by atoms with Gasteiger partial charge in [0.2, 0.25) is 5.91 Å². The number of benzene rings is 1. The first kappa shape index (κ1) is 19.0. The van der Waals surface area contributed by atoms with E-state index in [0.29, 0.717) is 12.2 Å². The minimum Gasteiger partial charge on any atom is -0.477 e. The summed E-state index contributed by atoms with van der Waals surface area (Å²) in [6.45, 7) is 2.28. The van der Waals surface area contributed by atoms with Crippen molar-refractivity contribution in [3.8, 4) is 0 Å². The topological polar surface area (TPSA) is 110 Å². The predicted molar refractivity (Wildman–Crippen MR) is 94.9 cm³/mol. The number of rotatable bonds is 8. The van der Waals surface area contributed by atoms with Gasteiger partial charge in [0.15, 0.2) is 0 Å². The summed E-state index contributed by atoms with van der Waals surface area (Å²) in [4.78, 5) is 34.7. The van der Waals surface area contributed by atoms with Crippen LogP contribution in [0.4, 0.5) is 10.5 Å². The smallest absolute Gasteiger partial charge is 0.407 e. The lowest BCUT2D eigenvalue weighted by Crippen LogP contribution is -2.33. The van der Waals surface area contributed by atoms with E-state index in [9.17, 15) is 14.4 Å². The van der Waals surface area contributed by atoms with Crippen LogP contribution in [0.2, 0.25) is 0 Å². The molecule has 0 atom stereocenters. The number of carbonyl (C=O) groups excluding carboxylic acids is 2. The lowest BCUT2D eigenvalue weighted by Gasteiger charge is -2.07. The monoisotopic (exact) mass is 359 g/mol. The fourth-order valence-corrected chi connectivity index (χ4v) is 2.32. The van der Waals surface area contributed by atoms with Crippen LogP contribution in [0.25, 0.3) is 0 Å². The lowest BCUT2D eigenvalue weighted by atomic mass is 10.2. The average molecular weight is 359 g/mol. The quantitative estimate of drug-likeness (QED) is 0.671. The third-order valence-electron chi connectivity index (χ3n) is 3.47. The van der Waals surface area contributed by atoms with E-state index in [0.717, 1.165) is 12.0 Å². The number of hydrogen-bond donors (Lipinski definition) is 3. The van der Waals surface area contributed by atoms with E-state index in [1.165, 1.54) is 6.07 Å². The van der Waals surface area contributed by atoms with Crippen LogP contribution < -0.4 is 10.6 Å². The molecule has 0 fully saturated rings. The number of carboxylic acids is 1. The zero-order valence-electron chi connectivity index (χ0n) is 14.4. The number of carbonyl (C=O) groups is 3. The van der Waals surface area contributed by atoms with Crippen molar-refractivity contribution in [2.45, 2.75) is 26.5 Å². The van der Waals surface area contributed by atoms with Crippen molar-refractivity contribution in [2.75, 3.05) is 11.9 Å². The van der Waals surface area contributed by atoms with Gasteiger partial charge in [0.25, 0.3) is 0 Å². The van der Waals surface area contributed by atoms with Gasteiger partial charge >= 0.3 is 12.1 Å². The molecule has 8 heteroatoms. The Balaban J connectivity index is 1.80. The second-order valence-corrected chi connectivity index (χ2v) is 5.58. The maximum atomic E-state index is 11.9. The van der Waals surface area contributed by atoms with Crippen molar-refractivity contribution >= 4 is 23.7 Å². The maximum Gasteiger partial charge on any atom is 0.407 e. The molecule has 0 radical (unpaired) electrons. The molecule has 1 heterocycles. The minimum absolute atomic E-state index is 0.0948. The summed E-state index contributed by atoms with van der Waals surface area (Å²) >= 11 is 0. The SMILES string of the molecule is CCCn1cc(NC(=O)CNC(=O)OCc2ccccc2)cc1C(=O)O. The van der Waals surface area contributed by atoms with Gasteiger partial charge in [-0.3, -0.25) is 4.79 Å². The third kappa shape index (κ3) is 5.66. The molecular formula is C18H21N3O5. The molecule has 0 aliphatic carbocycles. The number of aromatic nitrogens is 1. The van der Waals surface area contributed by atoms with E-state index < -0.39 is 18.0 Å². The molecule has 3 N–H and O–H groups in total. The predicted octanol–water partition coefficient (Wildman–Crippen LogP) is 2.46. The molecule has 1 aromatic heterocycles. The van der Waals surface area contributed by atoms with Gasteiger partial charge < -0.3 is 25.0 Å². The highest BCUT2D eigenvalue weighted by Gasteiger charge is 2.14. The standard InChI is InChI=1S/C18H21N3O5/c1-2-8-21-11-14(9-15(21)17(23)24)20-16(22)10-19-18(25)26-12-13-6-4-3-5-7-13/h3-7,9,11H,2,8,10,12H2,1H3,(H,19,25)(H,20,22)(H,23,24). The summed E-state index contributed by atoms with van der Waals surface area (Å²) in [6, 6.07) is 10.5. The number of anilines is 1. The highest BCUT2D eigenvalue weighted by molar-refractivity contribution is 5.95. The molecule has 138 valence electrons. The largest absolute Gasteiger partial charge is 0.477 e. The van der Waals surface area contributed by atoms with Crippen molar-refractivity contribution < 1.29 is 24.2 Å². The first-order valence-corrected chi connectivity index (χ1v) is 8.17. The number of amides is 2. The molecule has 0 saturated heterocycles. The van der Waals surface area contributed by atoms with Gasteiger partial charge in [0.1, 0.15) is 18.8 Å². The van der Waals surface area contributed by atoms with E-state index in [4.69, 9.17) is 9.84 Å². The minimum atomic E-state index is -1.07. The number of aryl methyl sites for hydroxylation is 1. The molecule has 26 heavy (non-hydrogen) atoms. The number of ether oxygens (including phenoxy) is 1. The van der Waals surface area contributed by atoms with Crippen LogP contribution in [-0.4, -0.2) is 34.2 Å². The Morgan fingerprint density at radius 2 is 1.92 bits per heavy atom. The summed E-state index contributed by atoms with van der Waals surface area (Å²) < 4.78 is 6.56. The van der Waals surface area contributed by atoms with Crippen molar-refractivity contribution in [2.24, 2.45) is 0 Å². The number of hydrogen-bond acceptors (Lipinski definition) is 4. The Labute approximate surface area is 150 Å². The second-order valence-electron chi connectivity index (χ2n) is 5.58. The molecular weight excluding hydrogens is 338 g/mol. The van der Waals surface area contributed by atoms with Crippen LogP contribution in [0.5, 0.6) is 0 Å². The Kier molecular flexibility index (Phi) is 6.78. The molecule has 0 aliphatic heterocycles. The van der Waals surface area contributed by atoms with Crippen LogP contribution in [0, 0.1) is 0 Å². The van der Waals surface area contributed by atoms with Gasteiger partial charge in [-0.1, -0.05) is 37.3 Å². The van der Waals surface area contributed by atoms with Crippen LogP contribution >= 0.6 is 0 Å². The number of nitrogens with one attached hydrogen (secondary N) is 2. The van der Waals surface area contributed by atoms with Crippen LogP contribution in [0.3, 0.4) is 0 Å². The molecule has 0 unspecified atom stereocenters. The van der Waals surface area contributed by atoms with Crippen LogP contribution in [0.1, 0.15) is 29.4 Å². The van der Waals surface area contributed by atoms with Crippen molar-refractivity contribution in [3.63, 3.8) is 0 Å². The molecule has 2 amide bonds. The number of nitrogens with zero attached hydrogens (tertiary/aromatic N) is 1. The molecule has 2 aromatic rings. The summed E-state index contributed by atoms with van der Waals surface area (Å²) in [6.07, 6.45) is 1.61. The van der Waals surface area contributed by atoms with Crippen molar-refractivity contribution in [1.82, 2.24) is 9.88 Å². The number of alkyl carbamates (subject to hydrolysis) is 1. The van der Waals surface area contributed by atoms with E-state index >= 15 is 0 Å². The van der Waals surface area contributed by atoms with Gasteiger partial charge in [-0.15, -0.1) is 0 Å². The zero-order chi connectivity index (χ0) is 18.9. The lowest BCUT2D eigenvalue weighted by molar-refractivity contribution is -0.115. The Bertz CT molecular complexity index is 770. The molecule has 8 nitrogen and oxygen atoms in total. The summed E-state index contributed by atoms with van der Waals surface area (Å²) in [5.41, 5.74) is 1.29. The van der Waals surface area contributed by atoms with Gasteiger partial charge in [0.05, 0.1) is 5.69 Å². The average Bonchev–Trinajstić information content (AvgIpc) is 3.02. The first-order chi connectivity index (χ1) is 12.5. The Morgan fingerprint density at radius 1 is 1.19 bits per heavy atom. The highest BCUT2D eigenvalue weighted by atomic mass is 16.5. The van der Waals surface area contributed by atoms with Crippen molar-refractivity contribution in [3.05, 3.63) is 53.9 Å². The zero-order valence-corrected chi connectivity index (χ0v) is 14.4. The Hall–Kier alpha value is -3.29. The van der Waals surface area contributed by atoms with Crippen molar-refractivity contribution in [1.29, 1.82) is 0 Å². The molecule has 0 spiro atoms. The van der Waals surface area contributed by atoms with Crippen LogP contribution in [0.15, 0.2) is 42.6 Å². The van der Waals surface area contributed by atoms with Crippen LogP contribution in [-0.2, 0) is 22.7 Å². The third-order valence-corrected chi connectivity index (χ3v) is 3.47. The highest BCUT2D eigenvalue weighted by Crippen LogP contribution is 2.14. The van der Waals surface area contributed by atoms with E-state index in [1.54, 1.807) is 10.8 Å². The molecule has 0 aliphatic rings.